The first-order chi connectivity index (χ1) is 10.0. The van der Waals surface area contributed by atoms with E-state index >= 15 is 0 Å². The zero-order valence-electron chi connectivity index (χ0n) is 12.8. The molecule has 0 aromatic carbocycles. The minimum atomic E-state index is -3.09. The molecule has 1 fully saturated rings. The van der Waals surface area contributed by atoms with Crippen molar-refractivity contribution in [3.8, 4) is 0 Å². The Hall–Kier alpha value is -0.990. The Morgan fingerprint density at radius 3 is 3.00 bits per heavy atom. The Balaban J connectivity index is 1.94. The molecule has 120 valence electrons. The lowest BCUT2D eigenvalue weighted by Crippen LogP contribution is -2.40. The van der Waals surface area contributed by atoms with Crippen LogP contribution in [0.25, 0.3) is 0 Å². The molecular weight excluding hydrogens is 290 g/mol. The first kappa shape index (κ1) is 16.4. The van der Waals surface area contributed by atoms with Gasteiger partial charge in [0.1, 0.15) is 12.2 Å². The molecule has 1 aliphatic rings. The molecule has 1 atom stereocenters. The van der Waals surface area contributed by atoms with Crippen molar-refractivity contribution in [2.75, 3.05) is 25.9 Å². The topological polar surface area (TPSA) is 80.1 Å². The van der Waals surface area contributed by atoms with Gasteiger partial charge < -0.3 is 5.32 Å². The van der Waals surface area contributed by atoms with Crippen LogP contribution in [0.1, 0.15) is 32.0 Å². The highest BCUT2D eigenvalue weighted by Gasteiger charge is 2.26. The standard InChI is InChI=1S/C13H25N5O2S/c1-3-6-14-8-13-15-11-16-18(13)10-12-5-4-7-17(9-12)21(2,19)20/h11-12,14H,3-10H2,1-2H3. The van der Waals surface area contributed by atoms with Gasteiger partial charge in [-0.25, -0.2) is 22.4 Å². The van der Waals surface area contributed by atoms with Crippen molar-refractivity contribution in [1.29, 1.82) is 0 Å². The maximum absolute atomic E-state index is 11.7. The number of nitrogens with zero attached hydrogens (tertiary/aromatic N) is 4. The molecule has 1 N–H and O–H groups in total. The van der Waals surface area contributed by atoms with Crippen LogP contribution in [0.3, 0.4) is 0 Å². The third-order valence-corrected chi connectivity index (χ3v) is 5.06. The summed E-state index contributed by atoms with van der Waals surface area (Å²) in [4.78, 5) is 4.28. The van der Waals surface area contributed by atoms with E-state index in [1.54, 1.807) is 10.6 Å². The molecule has 8 heteroatoms. The van der Waals surface area contributed by atoms with Gasteiger partial charge in [0.2, 0.25) is 10.0 Å². The molecule has 1 unspecified atom stereocenters. The van der Waals surface area contributed by atoms with Gasteiger partial charge in [-0.3, -0.25) is 0 Å². The van der Waals surface area contributed by atoms with Crippen molar-refractivity contribution in [3.05, 3.63) is 12.2 Å². The monoisotopic (exact) mass is 315 g/mol. The summed E-state index contributed by atoms with van der Waals surface area (Å²) < 4.78 is 26.8. The van der Waals surface area contributed by atoms with Crippen molar-refractivity contribution in [2.24, 2.45) is 5.92 Å². The normalized spacial score (nSPS) is 20.8. The Morgan fingerprint density at radius 1 is 1.48 bits per heavy atom. The van der Waals surface area contributed by atoms with Gasteiger partial charge in [-0.1, -0.05) is 6.92 Å². The second-order valence-corrected chi connectivity index (χ2v) is 7.65. The van der Waals surface area contributed by atoms with Gasteiger partial charge in [0, 0.05) is 19.6 Å². The smallest absolute Gasteiger partial charge is 0.211 e. The SMILES string of the molecule is CCCNCc1ncnn1CC1CCCN(S(C)(=O)=O)C1. The number of piperidine rings is 1. The summed E-state index contributed by atoms with van der Waals surface area (Å²) >= 11 is 0. The lowest BCUT2D eigenvalue weighted by atomic mass is 10.00. The van der Waals surface area contributed by atoms with E-state index in [9.17, 15) is 8.42 Å². The van der Waals surface area contributed by atoms with E-state index in [0.29, 0.717) is 25.6 Å². The van der Waals surface area contributed by atoms with Gasteiger partial charge in [-0.05, 0) is 31.7 Å². The predicted molar refractivity (Wildman–Crippen MR) is 81.2 cm³/mol. The Kier molecular flexibility index (Phi) is 5.72. The average Bonchev–Trinajstić information content (AvgIpc) is 2.86. The maximum Gasteiger partial charge on any atom is 0.211 e. The number of rotatable bonds is 7. The van der Waals surface area contributed by atoms with Crippen LogP contribution in [-0.4, -0.2) is 53.4 Å². The highest BCUT2D eigenvalue weighted by Crippen LogP contribution is 2.20. The second kappa shape index (κ2) is 7.33. The summed E-state index contributed by atoms with van der Waals surface area (Å²) in [6.07, 6.45) is 5.88. The maximum atomic E-state index is 11.7. The molecule has 7 nitrogen and oxygen atoms in total. The fourth-order valence-electron chi connectivity index (χ4n) is 2.68. The summed E-state index contributed by atoms with van der Waals surface area (Å²) in [5.41, 5.74) is 0. The third-order valence-electron chi connectivity index (χ3n) is 3.79. The lowest BCUT2D eigenvalue weighted by Gasteiger charge is -2.31. The van der Waals surface area contributed by atoms with Crippen LogP contribution in [-0.2, 0) is 23.1 Å². The van der Waals surface area contributed by atoms with Gasteiger partial charge in [0.15, 0.2) is 0 Å². The molecule has 1 aromatic heterocycles. The quantitative estimate of drug-likeness (QED) is 0.739. The average molecular weight is 315 g/mol. The summed E-state index contributed by atoms with van der Waals surface area (Å²) in [6, 6.07) is 0. The van der Waals surface area contributed by atoms with Crippen molar-refractivity contribution >= 4 is 10.0 Å². The number of sulfonamides is 1. The van der Waals surface area contributed by atoms with Crippen LogP contribution in [0.2, 0.25) is 0 Å². The van der Waals surface area contributed by atoms with Crippen molar-refractivity contribution < 1.29 is 8.42 Å². The number of hydrogen-bond donors (Lipinski definition) is 1. The predicted octanol–water partition coefficient (Wildman–Crippen LogP) is 0.449. The summed E-state index contributed by atoms with van der Waals surface area (Å²) in [7, 11) is -3.09. The van der Waals surface area contributed by atoms with Gasteiger partial charge in [-0.15, -0.1) is 0 Å². The van der Waals surface area contributed by atoms with E-state index in [1.807, 2.05) is 4.68 Å². The van der Waals surface area contributed by atoms with E-state index in [0.717, 1.165) is 38.2 Å². The summed E-state index contributed by atoms with van der Waals surface area (Å²) in [6.45, 7) is 5.74. The van der Waals surface area contributed by atoms with Crippen LogP contribution >= 0.6 is 0 Å². The highest BCUT2D eigenvalue weighted by atomic mass is 32.2. The van der Waals surface area contributed by atoms with Crippen LogP contribution in [0.15, 0.2) is 6.33 Å². The minimum absolute atomic E-state index is 0.306. The van der Waals surface area contributed by atoms with E-state index in [2.05, 4.69) is 22.3 Å². The van der Waals surface area contributed by atoms with Gasteiger partial charge in [0.25, 0.3) is 0 Å². The van der Waals surface area contributed by atoms with Crippen LogP contribution < -0.4 is 5.32 Å². The molecule has 0 saturated carbocycles. The molecule has 0 spiro atoms. The van der Waals surface area contributed by atoms with Crippen molar-refractivity contribution in [2.45, 2.75) is 39.3 Å². The highest BCUT2D eigenvalue weighted by molar-refractivity contribution is 7.88. The van der Waals surface area contributed by atoms with Gasteiger partial charge in [-0.2, -0.15) is 5.10 Å². The van der Waals surface area contributed by atoms with Crippen LogP contribution in [0.4, 0.5) is 0 Å². The number of aromatic nitrogens is 3. The Labute approximate surface area is 126 Å². The molecule has 2 rings (SSSR count). The Bertz CT molecular complexity index is 543. The fourth-order valence-corrected chi connectivity index (χ4v) is 3.62. The fraction of sp³-hybridized carbons (Fsp3) is 0.846. The van der Waals surface area contributed by atoms with E-state index in [4.69, 9.17) is 0 Å². The van der Waals surface area contributed by atoms with E-state index < -0.39 is 10.0 Å². The largest absolute Gasteiger partial charge is 0.310 e. The van der Waals surface area contributed by atoms with Gasteiger partial charge in [0.05, 0.1) is 12.8 Å². The third kappa shape index (κ3) is 4.76. The molecular formula is C13H25N5O2S. The molecule has 1 aromatic rings. The molecule has 0 amide bonds. The number of hydrogen-bond acceptors (Lipinski definition) is 5. The molecule has 1 aliphatic heterocycles. The second-order valence-electron chi connectivity index (χ2n) is 5.66. The lowest BCUT2D eigenvalue weighted by molar-refractivity contribution is 0.238. The van der Waals surface area contributed by atoms with Crippen molar-refractivity contribution in [1.82, 2.24) is 24.4 Å². The molecule has 1 saturated heterocycles. The summed E-state index contributed by atoms with van der Waals surface area (Å²) in [5, 5.41) is 7.59. The van der Waals surface area contributed by atoms with Gasteiger partial charge >= 0.3 is 0 Å². The molecule has 2 heterocycles. The minimum Gasteiger partial charge on any atom is -0.310 e. The summed E-state index contributed by atoms with van der Waals surface area (Å²) in [5.74, 6) is 1.22. The molecule has 21 heavy (non-hydrogen) atoms. The first-order valence-electron chi connectivity index (χ1n) is 7.53. The van der Waals surface area contributed by atoms with E-state index in [-0.39, 0.29) is 0 Å². The zero-order chi connectivity index (χ0) is 15.3. The first-order valence-corrected chi connectivity index (χ1v) is 9.38. The molecule has 0 aliphatic carbocycles. The van der Waals surface area contributed by atoms with E-state index in [1.165, 1.54) is 6.26 Å². The van der Waals surface area contributed by atoms with Crippen LogP contribution in [0, 0.1) is 5.92 Å². The van der Waals surface area contributed by atoms with Crippen molar-refractivity contribution in [3.63, 3.8) is 0 Å². The zero-order valence-corrected chi connectivity index (χ0v) is 13.6. The van der Waals surface area contributed by atoms with Crippen LogP contribution in [0.5, 0.6) is 0 Å². The number of nitrogens with one attached hydrogen (secondary N) is 1. The Morgan fingerprint density at radius 2 is 2.29 bits per heavy atom. The molecule has 0 bridgehead atoms. The molecule has 0 radical (unpaired) electrons.